The van der Waals surface area contributed by atoms with Gasteiger partial charge >= 0.3 is 0 Å². The monoisotopic (exact) mass is 692 g/mol. The zero-order valence-corrected chi connectivity index (χ0v) is 28.8. The molecule has 4 amide bonds. The van der Waals surface area contributed by atoms with E-state index in [1.54, 1.807) is 0 Å². The van der Waals surface area contributed by atoms with Crippen LogP contribution in [0.3, 0.4) is 0 Å². The Kier molecular flexibility index (Phi) is 9.03. The van der Waals surface area contributed by atoms with Crippen molar-refractivity contribution in [3.8, 4) is 5.82 Å². The molecule has 262 valence electrons. The molecule has 0 spiro atoms. The molecule has 52 heavy (non-hydrogen) atoms. The third-order valence-electron chi connectivity index (χ3n) is 10.2. The number of hydrogen-bond donors (Lipinski definition) is 3. The van der Waals surface area contributed by atoms with Crippen LogP contribution in [0.15, 0.2) is 115 Å². The van der Waals surface area contributed by atoms with Gasteiger partial charge < -0.3 is 19.4 Å². The molecule has 3 N–H and O–H groups in total. The van der Waals surface area contributed by atoms with E-state index in [2.05, 4.69) is 60.3 Å². The van der Waals surface area contributed by atoms with Crippen LogP contribution in [0.25, 0.3) is 27.6 Å². The number of aromatic nitrogens is 2. The summed E-state index contributed by atoms with van der Waals surface area (Å²) in [6.45, 7) is 1.48. The molecule has 10 heteroatoms. The quantitative estimate of drug-likeness (QED) is 0.176. The molecular weight excluding hydrogens is 652 g/mol. The molecule has 0 saturated carbocycles. The number of imide groups is 2. The lowest BCUT2D eigenvalue weighted by molar-refractivity contribution is -0.132. The molecule has 6 aromatic rings. The molecule has 2 atom stereocenters. The third-order valence-corrected chi connectivity index (χ3v) is 10.2. The molecule has 4 aromatic carbocycles. The minimum absolute atomic E-state index is 0.167. The normalized spacial score (nSPS) is 17.2. The maximum atomic E-state index is 13.2. The van der Waals surface area contributed by atoms with Gasteiger partial charge in [0.25, 0.3) is 0 Å². The lowest BCUT2D eigenvalue weighted by Crippen LogP contribution is -2.46. The molecular formula is C42H40N6O4. The predicted octanol–water partition coefficient (Wildman–Crippen LogP) is 5.82. The lowest BCUT2D eigenvalue weighted by atomic mass is 10.1. The fraction of sp³-hybridized carbons (Fsp3) is 0.238. The fourth-order valence-corrected chi connectivity index (χ4v) is 7.72. The van der Waals surface area contributed by atoms with Crippen molar-refractivity contribution in [2.75, 3.05) is 22.9 Å². The smallest absolute Gasteiger partial charge is 0.249 e. The first-order valence-corrected chi connectivity index (χ1v) is 17.9. The topological polar surface area (TPSA) is 120 Å². The fourth-order valence-electron chi connectivity index (χ4n) is 7.72. The van der Waals surface area contributed by atoms with E-state index in [0.717, 1.165) is 76.1 Å². The Labute approximate surface area is 301 Å². The summed E-state index contributed by atoms with van der Waals surface area (Å²) in [5, 5.41) is 7.31. The summed E-state index contributed by atoms with van der Waals surface area (Å²) < 4.78 is 2.11. The van der Waals surface area contributed by atoms with E-state index >= 15 is 0 Å². The van der Waals surface area contributed by atoms with E-state index in [0.29, 0.717) is 12.8 Å². The Morgan fingerprint density at radius 2 is 1.15 bits per heavy atom. The summed E-state index contributed by atoms with van der Waals surface area (Å²) in [5.41, 5.74) is 5.63. The van der Waals surface area contributed by atoms with Gasteiger partial charge in [0.05, 0.1) is 18.4 Å². The van der Waals surface area contributed by atoms with Crippen LogP contribution < -0.4 is 20.4 Å². The second-order valence-corrected chi connectivity index (χ2v) is 13.7. The maximum absolute atomic E-state index is 13.2. The van der Waals surface area contributed by atoms with Crippen molar-refractivity contribution in [3.05, 3.63) is 127 Å². The molecule has 2 aromatic heterocycles. The number of carbonyl (C=O) groups is 4. The Hall–Kier alpha value is -6.16. The molecule has 2 fully saturated rings. The number of nitrogens with one attached hydrogen (secondary N) is 3. The molecule has 4 heterocycles. The van der Waals surface area contributed by atoms with Gasteiger partial charge in [0.15, 0.2) is 0 Å². The second-order valence-electron chi connectivity index (χ2n) is 13.7. The molecule has 2 unspecified atom stereocenters. The minimum Gasteiger partial charge on any atom is -0.359 e. The van der Waals surface area contributed by atoms with Crippen LogP contribution in [-0.2, 0) is 32.0 Å². The summed E-state index contributed by atoms with van der Waals surface area (Å²) in [4.78, 5) is 59.4. The summed E-state index contributed by atoms with van der Waals surface area (Å²) in [7, 11) is 0. The standard InChI is InChI=1S/C42H40N6O4/c49-39(23-28-9-3-1-4-10-28)44-41(51)36-13-7-20-46(36)32-15-17-34-31(26-32)27-38(43-34)48-22-19-30-25-33(16-18-35(30)48)47-21-8-14-37(47)42(52)45-40(50)24-29-11-5-2-6-12-29/h1-6,9-12,15-19,22,25-27,36-37,43H,7-8,13-14,20-21,23-24H2,(H,44,49,51)(H,45,50,52). The van der Waals surface area contributed by atoms with Gasteiger partial charge in [-0.25, -0.2) is 0 Å². The van der Waals surface area contributed by atoms with Crippen LogP contribution >= 0.6 is 0 Å². The second kappa shape index (κ2) is 14.2. The van der Waals surface area contributed by atoms with Crippen molar-refractivity contribution in [2.24, 2.45) is 0 Å². The molecule has 0 bridgehead atoms. The number of rotatable bonds is 9. The number of fused-ring (bicyclic) bond motifs is 2. The van der Waals surface area contributed by atoms with Crippen LogP contribution in [0.4, 0.5) is 11.4 Å². The number of carbonyl (C=O) groups excluding carboxylic acids is 4. The van der Waals surface area contributed by atoms with Crippen molar-refractivity contribution < 1.29 is 19.2 Å². The van der Waals surface area contributed by atoms with E-state index in [1.165, 1.54) is 0 Å². The number of benzene rings is 4. The van der Waals surface area contributed by atoms with Crippen molar-refractivity contribution >= 4 is 56.8 Å². The average Bonchev–Trinajstić information content (AvgIpc) is 3.97. The number of hydrogen-bond acceptors (Lipinski definition) is 6. The Balaban J connectivity index is 0.956. The third kappa shape index (κ3) is 6.79. The van der Waals surface area contributed by atoms with Crippen LogP contribution in [0.5, 0.6) is 0 Å². The number of H-pyrrole nitrogens is 1. The maximum Gasteiger partial charge on any atom is 0.249 e. The van der Waals surface area contributed by atoms with Crippen molar-refractivity contribution in [1.82, 2.24) is 20.2 Å². The van der Waals surface area contributed by atoms with Crippen LogP contribution in [0.1, 0.15) is 36.8 Å². The Morgan fingerprint density at radius 1 is 0.615 bits per heavy atom. The zero-order valence-electron chi connectivity index (χ0n) is 28.8. The first-order valence-electron chi connectivity index (χ1n) is 17.9. The van der Waals surface area contributed by atoms with Crippen LogP contribution in [0, 0.1) is 0 Å². The summed E-state index contributed by atoms with van der Waals surface area (Å²) in [5.74, 6) is -0.197. The Morgan fingerprint density at radius 3 is 1.73 bits per heavy atom. The highest BCUT2D eigenvalue weighted by Crippen LogP contribution is 2.33. The number of anilines is 2. The summed E-state index contributed by atoms with van der Waals surface area (Å²) in [6, 6.07) is 34.6. The van der Waals surface area contributed by atoms with Gasteiger partial charge in [-0.05, 0) is 85.3 Å². The number of amides is 4. The largest absolute Gasteiger partial charge is 0.359 e. The van der Waals surface area contributed by atoms with Gasteiger partial charge in [-0.3, -0.25) is 29.8 Å². The van der Waals surface area contributed by atoms with Crippen LogP contribution in [0.2, 0.25) is 0 Å². The molecule has 0 radical (unpaired) electrons. The predicted molar refractivity (Wildman–Crippen MR) is 202 cm³/mol. The molecule has 2 saturated heterocycles. The van der Waals surface area contributed by atoms with E-state index in [1.807, 2.05) is 85.1 Å². The van der Waals surface area contributed by atoms with Crippen LogP contribution in [-0.4, -0.2) is 58.4 Å². The first-order chi connectivity index (χ1) is 25.4. The highest BCUT2D eigenvalue weighted by molar-refractivity contribution is 6.01. The SMILES string of the molecule is O=C(Cc1ccccc1)NC(=O)C1CCCN1c1ccc2[nH]c(-n3ccc4cc(N5CCCC5C(=O)NC(=O)Cc5ccccc5)ccc43)cc2c1. The number of nitrogens with zero attached hydrogens (tertiary/aromatic N) is 3. The highest BCUT2D eigenvalue weighted by atomic mass is 16.2. The highest BCUT2D eigenvalue weighted by Gasteiger charge is 2.33. The van der Waals surface area contributed by atoms with E-state index in [4.69, 9.17) is 0 Å². The number of aromatic amines is 1. The summed E-state index contributed by atoms with van der Waals surface area (Å²) in [6.07, 6.45) is 5.49. The van der Waals surface area contributed by atoms with Crippen molar-refractivity contribution in [3.63, 3.8) is 0 Å². The molecule has 8 rings (SSSR count). The van der Waals surface area contributed by atoms with Crippen molar-refractivity contribution in [1.29, 1.82) is 0 Å². The molecule has 10 nitrogen and oxygen atoms in total. The van der Waals surface area contributed by atoms with E-state index < -0.39 is 12.1 Å². The van der Waals surface area contributed by atoms with Gasteiger partial charge in [0, 0.05) is 47.0 Å². The van der Waals surface area contributed by atoms with Gasteiger partial charge in [-0.15, -0.1) is 0 Å². The molecule has 2 aliphatic heterocycles. The zero-order chi connectivity index (χ0) is 35.6. The first kappa shape index (κ1) is 33.0. The molecule has 0 aliphatic carbocycles. The minimum atomic E-state index is -0.408. The summed E-state index contributed by atoms with van der Waals surface area (Å²) >= 11 is 0. The van der Waals surface area contributed by atoms with E-state index in [-0.39, 0.29) is 36.5 Å². The Bertz CT molecular complexity index is 2280. The van der Waals surface area contributed by atoms with Gasteiger partial charge in [-0.1, -0.05) is 60.7 Å². The van der Waals surface area contributed by atoms with Crippen molar-refractivity contribution in [2.45, 2.75) is 50.6 Å². The molecule has 2 aliphatic rings. The van der Waals surface area contributed by atoms with Gasteiger partial charge in [0.1, 0.15) is 17.9 Å². The lowest BCUT2D eigenvalue weighted by Gasteiger charge is -2.26. The van der Waals surface area contributed by atoms with Gasteiger partial charge in [0.2, 0.25) is 23.6 Å². The van der Waals surface area contributed by atoms with E-state index in [9.17, 15) is 19.2 Å². The van der Waals surface area contributed by atoms with Gasteiger partial charge in [-0.2, -0.15) is 0 Å². The average molecular weight is 693 g/mol.